The number of carbonyl (C=O) groups is 1. The number of rotatable bonds is 9. The summed E-state index contributed by atoms with van der Waals surface area (Å²) in [6.07, 6.45) is 5.55. The number of hydrogen-bond donors (Lipinski definition) is 1. The van der Waals surface area contributed by atoms with Gasteiger partial charge < -0.3 is 4.57 Å². The van der Waals surface area contributed by atoms with Crippen molar-refractivity contribution in [2.45, 2.75) is 57.7 Å². The van der Waals surface area contributed by atoms with E-state index in [1.54, 1.807) is 7.05 Å². The van der Waals surface area contributed by atoms with Crippen LogP contribution in [0.3, 0.4) is 0 Å². The molecule has 0 saturated carbocycles. The van der Waals surface area contributed by atoms with Crippen LogP contribution in [0.2, 0.25) is 0 Å². The summed E-state index contributed by atoms with van der Waals surface area (Å²) < 4.78 is 3.18. The highest BCUT2D eigenvalue weighted by Crippen LogP contribution is 2.22. The molecule has 2 rings (SSSR count). The van der Waals surface area contributed by atoms with Crippen LogP contribution in [0.4, 0.5) is 0 Å². The summed E-state index contributed by atoms with van der Waals surface area (Å²) in [5.74, 6) is 0.342. The first kappa shape index (κ1) is 18.5. The lowest BCUT2D eigenvalue weighted by Crippen LogP contribution is -2.29. The van der Waals surface area contributed by atoms with Crippen molar-refractivity contribution in [3.8, 4) is 0 Å². The summed E-state index contributed by atoms with van der Waals surface area (Å²) in [6.45, 7) is 4.34. The molecule has 8 heteroatoms. The number of carbonyl (C=O) groups excluding carboxylic acids is 1. The number of nitrogens with zero attached hydrogens (tertiary/aromatic N) is 3. The fraction of sp³-hybridized carbons (Fsp3) is 0.625. The van der Waals surface area contributed by atoms with Gasteiger partial charge in [0.05, 0.1) is 5.75 Å². The van der Waals surface area contributed by atoms with Gasteiger partial charge in [0.2, 0.25) is 0 Å². The Labute approximate surface area is 144 Å². The number of nitrogens with one attached hydrogen (secondary N) is 1. The van der Waals surface area contributed by atoms with Crippen molar-refractivity contribution in [1.29, 1.82) is 0 Å². The predicted molar refractivity (Wildman–Crippen MR) is 95.8 cm³/mol. The third-order valence-electron chi connectivity index (χ3n) is 3.86. The van der Waals surface area contributed by atoms with Crippen LogP contribution in [0.5, 0.6) is 0 Å². The molecule has 0 atom stereocenters. The van der Waals surface area contributed by atoms with Crippen molar-refractivity contribution in [2.75, 3.05) is 5.75 Å². The number of aromatic nitrogens is 4. The van der Waals surface area contributed by atoms with E-state index < -0.39 is 11.2 Å². The first-order chi connectivity index (χ1) is 11.5. The predicted octanol–water partition coefficient (Wildman–Crippen LogP) is 2.07. The van der Waals surface area contributed by atoms with Crippen molar-refractivity contribution < 1.29 is 4.79 Å². The van der Waals surface area contributed by atoms with Crippen LogP contribution < -0.4 is 11.2 Å². The number of ketones is 1. The molecule has 0 amide bonds. The van der Waals surface area contributed by atoms with Gasteiger partial charge in [0.25, 0.3) is 5.56 Å². The van der Waals surface area contributed by atoms with E-state index in [-0.39, 0.29) is 5.78 Å². The standard InChI is InChI=1S/C16H24N4O3S/c1-4-5-6-7-8-9-20-12-13(17-16(20)24-10-11(2)21)19(3)15(23)18-14(12)22/h4-10H2,1-3H3,(H,18,22,23). The molecule has 0 aromatic carbocycles. The third kappa shape index (κ3) is 4.17. The van der Waals surface area contributed by atoms with Crippen LogP contribution in [-0.2, 0) is 18.4 Å². The molecule has 24 heavy (non-hydrogen) atoms. The first-order valence-corrected chi connectivity index (χ1v) is 9.26. The maximum Gasteiger partial charge on any atom is 0.329 e. The number of hydrogen-bond acceptors (Lipinski definition) is 5. The molecule has 0 saturated heterocycles. The average Bonchev–Trinajstić information content (AvgIpc) is 2.90. The topological polar surface area (TPSA) is 89.8 Å². The average molecular weight is 352 g/mol. The van der Waals surface area contributed by atoms with E-state index in [1.165, 1.54) is 36.1 Å². The molecule has 0 radical (unpaired) electrons. The Balaban J connectivity index is 2.38. The van der Waals surface area contributed by atoms with Crippen molar-refractivity contribution in [3.05, 3.63) is 20.8 Å². The van der Waals surface area contributed by atoms with E-state index in [2.05, 4.69) is 16.9 Å². The first-order valence-electron chi connectivity index (χ1n) is 8.27. The molecule has 7 nitrogen and oxygen atoms in total. The van der Waals surface area contributed by atoms with Crippen LogP contribution in [0.1, 0.15) is 46.0 Å². The van der Waals surface area contributed by atoms with Crippen LogP contribution >= 0.6 is 11.8 Å². The summed E-state index contributed by atoms with van der Waals surface area (Å²) in [6, 6.07) is 0. The number of imidazole rings is 1. The molecule has 0 unspecified atom stereocenters. The lowest BCUT2D eigenvalue weighted by Gasteiger charge is -2.08. The van der Waals surface area contributed by atoms with Gasteiger partial charge in [0, 0.05) is 13.6 Å². The highest BCUT2D eigenvalue weighted by atomic mass is 32.2. The zero-order chi connectivity index (χ0) is 17.7. The largest absolute Gasteiger partial charge is 0.329 e. The summed E-state index contributed by atoms with van der Waals surface area (Å²) in [7, 11) is 1.58. The second kappa shape index (κ2) is 8.32. The Morgan fingerprint density at radius 1 is 1.21 bits per heavy atom. The molecule has 0 spiro atoms. The number of H-pyrrole nitrogens is 1. The lowest BCUT2D eigenvalue weighted by molar-refractivity contribution is -0.114. The highest BCUT2D eigenvalue weighted by Gasteiger charge is 2.17. The molecule has 0 aliphatic carbocycles. The van der Waals surface area contributed by atoms with Crippen molar-refractivity contribution >= 4 is 28.7 Å². The van der Waals surface area contributed by atoms with E-state index >= 15 is 0 Å². The lowest BCUT2D eigenvalue weighted by atomic mass is 10.1. The molecule has 132 valence electrons. The monoisotopic (exact) mass is 352 g/mol. The van der Waals surface area contributed by atoms with Gasteiger partial charge >= 0.3 is 5.69 Å². The second-order valence-corrected chi connectivity index (χ2v) is 6.88. The van der Waals surface area contributed by atoms with Gasteiger partial charge in [-0.3, -0.25) is 19.1 Å². The quantitative estimate of drug-likeness (QED) is 0.551. The Hall–Kier alpha value is -1.83. The molecule has 0 fully saturated rings. The number of aryl methyl sites for hydroxylation is 2. The molecule has 0 aliphatic rings. The van der Waals surface area contributed by atoms with Gasteiger partial charge in [-0.2, -0.15) is 0 Å². The third-order valence-corrected chi connectivity index (χ3v) is 4.98. The number of aromatic amines is 1. The zero-order valence-corrected chi connectivity index (χ0v) is 15.2. The summed E-state index contributed by atoms with van der Waals surface area (Å²) in [4.78, 5) is 42.1. The Morgan fingerprint density at radius 3 is 2.58 bits per heavy atom. The normalized spacial score (nSPS) is 11.3. The Kier molecular flexibility index (Phi) is 6.42. The summed E-state index contributed by atoms with van der Waals surface area (Å²) >= 11 is 1.31. The minimum Gasteiger partial charge on any atom is -0.313 e. The number of Topliss-reactive ketones (excluding diaryl/α,β-unsaturated/α-hetero) is 1. The molecule has 2 aromatic heterocycles. The van der Waals surface area contributed by atoms with Crippen LogP contribution in [0.15, 0.2) is 14.7 Å². The molecule has 0 bridgehead atoms. The summed E-state index contributed by atoms with van der Waals surface area (Å²) in [5.41, 5.74) is -0.144. The van der Waals surface area contributed by atoms with Crippen LogP contribution in [0.25, 0.3) is 11.2 Å². The number of fused-ring (bicyclic) bond motifs is 1. The Morgan fingerprint density at radius 2 is 1.92 bits per heavy atom. The van der Waals surface area contributed by atoms with Gasteiger partial charge in [0.15, 0.2) is 16.3 Å². The maximum absolute atomic E-state index is 12.3. The van der Waals surface area contributed by atoms with E-state index in [9.17, 15) is 14.4 Å². The van der Waals surface area contributed by atoms with Crippen LogP contribution in [0, 0.1) is 0 Å². The molecule has 1 N–H and O–H groups in total. The van der Waals surface area contributed by atoms with E-state index in [4.69, 9.17) is 0 Å². The molecular weight excluding hydrogens is 328 g/mol. The molecular formula is C16H24N4O3S. The van der Waals surface area contributed by atoms with Crippen molar-refractivity contribution in [2.24, 2.45) is 7.05 Å². The van der Waals surface area contributed by atoms with E-state index in [1.807, 2.05) is 4.57 Å². The second-order valence-electron chi connectivity index (χ2n) is 5.94. The van der Waals surface area contributed by atoms with E-state index in [0.29, 0.717) is 28.6 Å². The number of unbranched alkanes of at least 4 members (excludes halogenated alkanes) is 4. The minimum atomic E-state index is -0.483. The van der Waals surface area contributed by atoms with Gasteiger partial charge in [-0.15, -0.1) is 0 Å². The smallest absolute Gasteiger partial charge is 0.313 e. The Bertz CT molecular complexity index is 834. The summed E-state index contributed by atoms with van der Waals surface area (Å²) in [5, 5.41) is 0.613. The highest BCUT2D eigenvalue weighted by molar-refractivity contribution is 7.99. The van der Waals surface area contributed by atoms with Crippen LogP contribution in [-0.4, -0.2) is 30.6 Å². The van der Waals surface area contributed by atoms with Gasteiger partial charge in [-0.1, -0.05) is 44.4 Å². The molecule has 0 aliphatic heterocycles. The molecule has 2 heterocycles. The minimum absolute atomic E-state index is 0.0457. The van der Waals surface area contributed by atoms with Gasteiger partial charge in [-0.05, 0) is 13.3 Å². The van der Waals surface area contributed by atoms with Gasteiger partial charge in [0.1, 0.15) is 5.78 Å². The zero-order valence-electron chi connectivity index (χ0n) is 14.4. The number of thioether (sulfide) groups is 1. The fourth-order valence-corrected chi connectivity index (χ4v) is 3.39. The molecule has 2 aromatic rings. The van der Waals surface area contributed by atoms with E-state index in [0.717, 1.165) is 19.3 Å². The van der Waals surface area contributed by atoms with Gasteiger partial charge in [-0.25, -0.2) is 9.78 Å². The van der Waals surface area contributed by atoms with Crippen molar-refractivity contribution in [1.82, 2.24) is 19.1 Å². The SMILES string of the molecule is CCCCCCCn1c(SCC(C)=O)nc2c1c(=O)[nH]c(=O)n2C. The maximum atomic E-state index is 12.3. The van der Waals surface area contributed by atoms with Crippen molar-refractivity contribution in [3.63, 3.8) is 0 Å². The fourth-order valence-electron chi connectivity index (χ4n) is 2.57.